The molecule has 19 heavy (non-hydrogen) atoms. The summed E-state index contributed by atoms with van der Waals surface area (Å²) in [5.74, 6) is 0.755. The summed E-state index contributed by atoms with van der Waals surface area (Å²) in [7, 11) is 1.64. The molecule has 0 amide bonds. The Hall–Kier alpha value is -1.18. The Morgan fingerprint density at radius 3 is 2.42 bits per heavy atom. The van der Waals surface area contributed by atoms with E-state index in [4.69, 9.17) is 27.9 Å². The Morgan fingerprint density at radius 1 is 1.00 bits per heavy atom. The van der Waals surface area contributed by atoms with Crippen LogP contribution in [-0.2, 0) is 0 Å². The van der Waals surface area contributed by atoms with Crippen molar-refractivity contribution in [3.8, 4) is 5.75 Å². The molecule has 2 aromatic carbocycles. The second-order valence-corrected chi connectivity index (χ2v) is 5.48. The SMILES string of the molecule is COc1ccc(Cl)cc1C(Cl)c1cc(C)ccc1C. The van der Waals surface area contributed by atoms with E-state index < -0.39 is 0 Å². The van der Waals surface area contributed by atoms with E-state index in [1.165, 1.54) is 5.56 Å². The van der Waals surface area contributed by atoms with Crippen molar-refractivity contribution >= 4 is 23.2 Å². The first kappa shape index (κ1) is 14.2. The molecule has 0 aromatic heterocycles. The minimum atomic E-state index is -0.270. The van der Waals surface area contributed by atoms with Gasteiger partial charge < -0.3 is 4.74 Å². The lowest BCUT2D eigenvalue weighted by atomic mass is 9.97. The number of alkyl halides is 1. The second-order valence-electron chi connectivity index (χ2n) is 4.61. The van der Waals surface area contributed by atoms with Crippen LogP contribution in [0.15, 0.2) is 36.4 Å². The van der Waals surface area contributed by atoms with Gasteiger partial charge in [-0.25, -0.2) is 0 Å². The van der Waals surface area contributed by atoms with Crippen LogP contribution in [0.4, 0.5) is 0 Å². The van der Waals surface area contributed by atoms with Crippen molar-refractivity contribution in [2.24, 2.45) is 0 Å². The van der Waals surface area contributed by atoms with Crippen molar-refractivity contribution < 1.29 is 4.74 Å². The molecule has 100 valence electrons. The zero-order valence-corrected chi connectivity index (χ0v) is 12.7. The van der Waals surface area contributed by atoms with Gasteiger partial charge in [-0.05, 0) is 43.2 Å². The van der Waals surface area contributed by atoms with Gasteiger partial charge in [0.1, 0.15) is 5.75 Å². The van der Waals surface area contributed by atoms with E-state index >= 15 is 0 Å². The monoisotopic (exact) mass is 294 g/mol. The molecular formula is C16H16Cl2O. The lowest BCUT2D eigenvalue weighted by Gasteiger charge is -2.17. The molecule has 0 saturated carbocycles. The fourth-order valence-electron chi connectivity index (χ4n) is 2.10. The zero-order valence-electron chi connectivity index (χ0n) is 11.2. The average Bonchev–Trinajstić information content (AvgIpc) is 2.40. The van der Waals surface area contributed by atoms with Gasteiger partial charge in [-0.3, -0.25) is 0 Å². The molecule has 0 fully saturated rings. The van der Waals surface area contributed by atoms with Crippen molar-refractivity contribution in [3.63, 3.8) is 0 Å². The quantitative estimate of drug-likeness (QED) is 0.699. The number of hydrogen-bond acceptors (Lipinski definition) is 1. The maximum Gasteiger partial charge on any atom is 0.123 e. The van der Waals surface area contributed by atoms with E-state index in [-0.39, 0.29) is 5.38 Å². The standard InChI is InChI=1S/C16H16Cl2O/c1-10-4-5-11(2)13(8-10)16(18)14-9-12(17)6-7-15(14)19-3/h4-9,16H,1-3H3. The number of ether oxygens (including phenoxy) is 1. The summed E-state index contributed by atoms with van der Waals surface area (Å²) in [4.78, 5) is 0. The van der Waals surface area contributed by atoms with E-state index in [9.17, 15) is 0 Å². The van der Waals surface area contributed by atoms with Crippen molar-refractivity contribution in [2.45, 2.75) is 19.2 Å². The summed E-state index contributed by atoms with van der Waals surface area (Å²) >= 11 is 12.7. The van der Waals surface area contributed by atoms with Crippen LogP contribution in [0.3, 0.4) is 0 Å². The van der Waals surface area contributed by atoms with Crippen LogP contribution in [-0.4, -0.2) is 7.11 Å². The van der Waals surface area contributed by atoms with Gasteiger partial charge in [0.2, 0.25) is 0 Å². The first-order valence-electron chi connectivity index (χ1n) is 6.07. The van der Waals surface area contributed by atoms with Crippen LogP contribution >= 0.6 is 23.2 Å². The van der Waals surface area contributed by atoms with E-state index in [1.807, 2.05) is 12.1 Å². The Labute approximate surface area is 124 Å². The van der Waals surface area contributed by atoms with Gasteiger partial charge >= 0.3 is 0 Å². The third-order valence-electron chi connectivity index (χ3n) is 3.17. The lowest BCUT2D eigenvalue weighted by molar-refractivity contribution is 0.410. The van der Waals surface area contributed by atoms with Crippen molar-refractivity contribution in [2.75, 3.05) is 7.11 Å². The Morgan fingerprint density at radius 2 is 1.74 bits per heavy atom. The average molecular weight is 295 g/mol. The summed E-state index contributed by atoms with van der Waals surface area (Å²) in [5.41, 5.74) is 4.33. The zero-order chi connectivity index (χ0) is 14.0. The molecule has 0 heterocycles. The highest BCUT2D eigenvalue weighted by Gasteiger charge is 2.18. The fraction of sp³-hybridized carbons (Fsp3) is 0.250. The number of halogens is 2. The van der Waals surface area contributed by atoms with E-state index in [0.717, 1.165) is 22.4 Å². The fourth-order valence-corrected chi connectivity index (χ4v) is 2.69. The first-order valence-corrected chi connectivity index (χ1v) is 6.89. The molecule has 0 radical (unpaired) electrons. The van der Waals surface area contributed by atoms with Crippen LogP contribution in [0.5, 0.6) is 5.75 Å². The minimum absolute atomic E-state index is 0.270. The first-order chi connectivity index (χ1) is 9.02. The molecule has 0 aliphatic rings. The predicted octanol–water partition coefficient (Wildman–Crippen LogP) is 5.29. The Bertz CT molecular complexity index is 593. The normalized spacial score (nSPS) is 12.3. The summed E-state index contributed by atoms with van der Waals surface area (Å²) in [5, 5.41) is 0.389. The summed E-state index contributed by atoms with van der Waals surface area (Å²) in [6, 6.07) is 11.8. The molecule has 0 aliphatic carbocycles. The third-order valence-corrected chi connectivity index (χ3v) is 3.88. The molecule has 1 unspecified atom stereocenters. The maximum atomic E-state index is 6.63. The van der Waals surface area contributed by atoms with Crippen LogP contribution in [0, 0.1) is 13.8 Å². The number of benzene rings is 2. The molecule has 0 spiro atoms. The van der Waals surface area contributed by atoms with Crippen LogP contribution in [0.2, 0.25) is 5.02 Å². The van der Waals surface area contributed by atoms with Gasteiger partial charge in [-0.15, -0.1) is 11.6 Å². The smallest absolute Gasteiger partial charge is 0.123 e. The van der Waals surface area contributed by atoms with Gasteiger partial charge in [0.25, 0.3) is 0 Å². The van der Waals surface area contributed by atoms with Gasteiger partial charge in [-0.1, -0.05) is 35.4 Å². The van der Waals surface area contributed by atoms with Crippen molar-refractivity contribution in [3.05, 3.63) is 63.7 Å². The van der Waals surface area contributed by atoms with E-state index in [1.54, 1.807) is 13.2 Å². The highest BCUT2D eigenvalue weighted by molar-refractivity contribution is 6.31. The van der Waals surface area contributed by atoms with E-state index in [2.05, 4.69) is 32.0 Å². The third kappa shape index (κ3) is 3.05. The molecule has 0 N–H and O–H groups in total. The van der Waals surface area contributed by atoms with Gasteiger partial charge in [-0.2, -0.15) is 0 Å². The summed E-state index contributed by atoms with van der Waals surface area (Å²) in [6.45, 7) is 4.11. The molecule has 2 aromatic rings. The lowest BCUT2D eigenvalue weighted by Crippen LogP contribution is -2.00. The van der Waals surface area contributed by atoms with Crippen LogP contribution < -0.4 is 4.74 Å². The Kier molecular flexibility index (Phi) is 4.38. The predicted molar refractivity (Wildman–Crippen MR) is 81.6 cm³/mol. The maximum absolute atomic E-state index is 6.63. The summed E-state index contributed by atoms with van der Waals surface area (Å²) in [6.07, 6.45) is 0. The molecule has 1 nitrogen and oxygen atoms in total. The van der Waals surface area contributed by atoms with Gasteiger partial charge in [0.05, 0.1) is 12.5 Å². The second kappa shape index (κ2) is 5.85. The Balaban J connectivity index is 2.51. The minimum Gasteiger partial charge on any atom is -0.496 e. The topological polar surface area (TPSA) is 9.23 Å². The van der Waals surface area contributed by atoms with Gasteiger partial charge in [0.15, 0.2) is 0 Å². The molecule has 2 rings (SSSR count). The van der Waals surface area contributed by atoms with E-state index in [0.29, 0.717) is 5.02 Å². The number of rotatable bonds is 3. The number of methoxy groups -OCH3 is 1. The number of hydrogen-bond donors (Lipinski definition) is 0. The largest absolute Gasteiger partial charge is 0.496 e. The molecular weight excluding hydrogens is 279 g/mol. The molecule has 0 bridgehead atoms. The van der Waals surface area contributed by atoms with Crippen LogP contribution in [0.25, 0.3) is 0 Å². The molecule has 3 heteroatoms. The highest BCUT2D eigenvalue weighted by Crippen LogP contribution is 2.38. The summed E-state index contributed by atoms with van der Waals surface area (Å²) < 4.78 is 5.37. The highest BCUT2D eigenvalue weighted by atomic mass is 35.5. The van der Waals surface area contributed by atoms with Gasteiger partial charge in [0, 0.05) is 10.6 Å². The van der Waals surface area contributed by atoms with Crippen molar-refractivity contribution in [1.29, 1.82) is 0 Å². The molecule has 0 saturated heterocycles. The molecule has 1 atom stereocenters. The van der Waals surface area contributed by atoms with Crippen molar-refractivity contribution in [1.82, 2.24) is 0 Å². The van der Waals surface area contributed by atoms with Crippen LogP contribution in [0.1, 0.15) is 27.6 Å². The number of aryl methyl sites for hydroxylation is 2. The molecule has 0 aliphatic heterocycles.